The molecule has 0 bridgehead atoms. The maximum Gasteiger partial charge on any atom is 0.223 e. The summed E-state index contributed by atoms with van der Waals surface area (Å²) < 4.78 is 5.30. The predicted octanol–water partition coefficient (Wildman–Crippen LogP) is 1.08. The van der Waals surface area contributed by atoms with E-state index in [4.69, 9.17) is 10.5 Å². The second-order valence-electron chi connectivity index (χ2n) is 4.13. The molecule has 1 aromatic rings. The van der Waals surface area contributed by atoms with Gasteiger partial charge in [-0.3, -0.25) is 0 Å². The third-order valence-corrected chi connectivity index (χ3v) is 2.58. The molecule has 0 amide bonds. The van der Waals surface area contributed by atoms with Gasteiger partial charge in [-0.25, -0.2) is 0 Å². The third-order valence-electron chi connectivity index (χ3n) is 2.58. The average Bonchev–Trinajstić information content (AvgIpc) is 2.78. The molecule has 1 atom stereocenters. The molecule has 1 saturated heterocycles. The van der Waals surface area contributed by atoms with Crippen LogP contribution in [0.25, 0.3) is 0 Å². The molecule has 0 spiro atoms. The minimum atomic E-state index is 0.285. The Bertz CT molecular complexity index is 365. The maximum atomic E-state index is 5.67. The Morgan fingerprint density at radius 2 is 2.29 bits per heavy atom. The topological polar surface area (TPSA) is 85.1 Å². The van der Waals surface area contributed by atoms with Crippen molar-refractivity contribution < 1.29 is 4.74 Å². The first-order valence-electron chi connectivity index (χ1n) is 6.00. The molecule has 94 valence electrons. The summed E-state index contributed by atoms with van der Waals surface area (Å²) in [5.41, 5.74) is 5.67. The Balaban J connectivity index is 2.02. The Labute approximate surface area is 101 Å². The van der Waals surface area contributed by atoms with Crippen LogP contribution in [0.2, 0.25) is 0 Å². The van der Waals surface area contributed by atoms with Crippen LogP contribution in [-0.4, -0.2) is 35.8 Å². The number of hydrogen-bond acceptors (Lipinski definition) is 6. The molecule has 0 saturated carbocycles. The predicted molar refractivity (Wildman–Crippen MR) is 68.1 cm³/mol. The first-order chi connectivity index (χ1) is 8.28. The van der Waals surface area contributed by atoms with Gasteiger partial charge in [0.25, 0.3) is 0 Å². The number of hydrogen-bond donors (Lipinski definition) is 3. The van der Waals surface area contributed by atoms with Crippen molar-refractivity contribution in [1.29, 1.82) is 0 Å². The van der Waals surface area contributed by atoms with Crippen LogP contribution in [0.15, 0.2) is 6.07 Å². The number of nitrogen functional groups attached to an aromatic ring is 1. The van der Waals surface area contributed by atoms with Crippen LogP contribution in [0.4, 0.5) is 17.6 Å². The number of nitrogens with zero attached hydrogens (tertiary/aromatic N) is 2. The lowest BCUT2D eigenvalue weighted by molar-refractivity contribution is 0.195. The van der Waals surface area contributed by atoms with Crippen molar-refractivity contribution in [1.82, 2.24) is 9.97 Å². The first-order valence-corrected chi connectivity index (χ1v) is 6.00. The summed E-state index contributed by atoms with van der Waals surface area (Å²) in [4.78, 5) is 8.30. The van der Waals surface area contributed by atoms with Gasteiger partial charge in [-0.05, 0) is 12.8 Å². The molecule has 17 heavy (non-hydrogen) atoms. The molecule has 1 fully saturated rings. The lowest BCUT2D eigenvalue weighted by Gasteiger charge is -2.13. The van der Waals surface area contributed by atoms with E-state index in [2.05, 4.69) is 27.5 Å². The van der Waals surface area contributed by atoms with Gasteiger partial charge in [0.05, 0.1) is 12.6 Å². The Morgan fingerprint density at radius 1 is 1.47 bits per heavy atom. The number of rotatable bonds is 5. The highest BCUT2D eigenvalue weighted by atomic mass is 16.5. The highest BCUT2D eigenvalue weighted by Crippen LogP contribution is 2.16. The van der Waals surface area contributed by atoms with Crippen molar-refractivity contribution in [3.8, 4) is 0 Å². The summed E-state index contributed by atoms with van der Waals surface area (Å²) in [7, 11) is 0. The summed E-state index contributed by atoms with van der Waals surface area (Å²) >= 11 is 0. The van der Waals surface area contributed by atoms with Crippen molar-refractivity contribution in [2.75, 3.05) is 36.1 Å². The minimum Gasteiger partial charge on any atom is -0.379 e. The maximum absolute atomic E-state index is 5.67. The smallest absolute Gasteiger partial charge is 0.223 e. The number of nitrogens with two attached hydrogens (primary N) is 1. The molecule has 0 aliphatic carbocycles. The third kappa shape index (κ3) is 3.45. The van der Waals surface area contributed by atoms with Crippen LogP contribution in [-0.2, 0) is 4.74 Å². The van der Waals surface area contributed by atoms with Crippen molar-refractivity contribution in [2.24, 2.45) is 0 Å². The normalized spacial score (nSPS) is 19.2. The lowest BCUT2D eigenvalue weighted by Crippen LogP contribution is -2.20. The summed E-state index contributed by atoms with van der Waals surface area (Å²) in [6, 6.07) is 2.20. The average molecular weight is 237 g/mol. The van der Waals surface area contributed by atoms with Crippen molar-refractivity contribution in [3.05, 3.63) is 6.07 Å². The van der Waals surface area contributed by atoms with Gasteiger partial charge >= 0.3 is 0 Å². The molecule has 1 aromatic heterocycles. The number of anilines is 3. The molecule has 2 rings (SSSR count). The van der Waals surface area contributed by atoms with Crippen LogP contribution in [0.5, 0.6) is 0 Å². The monoisotopic (exact) mass is 237 g/mol. The van der Waals surface area contributed by atoms with E-state index in [-0.39, 0.29) is 5.95 Å². The number of nitrogens with one attached hydrogen (secondary N) is 2. The zero-order valence-electron chi connectivity index (χ0n) is 10.1. The highest BCUT2D eigenvalue weighted by molar-refractivity contribution is 5.51. The van der Waals surface area contributed by atoms with Crippen LogP contribution in [0, 0.1) is 0 Å². The van der Waals surface area contributed by atoms with Gasteiger partial charge in [-0.1, -0.05) is 6.92 Å². The Morgan fingerprint density at radius 3 is 3.00 bits per heavy atom. The van der Waals surface area contributed by atoms with Crippen LogP contribution >= 0.6 is 0 Å². The van der Waals surface area contributed by atoms with Crippen molar-refractivity contribution in [2.45, 2.75) is 25.8 Å². The van der Waals surface area contributed by atoms with Gasteiger partial charge in [-0.2, -0.15) is 9.97 Å². The zero-order chi connectivity index (χ0) is 12.1. The lowest BCUT2D eigenvalue weighted by atomic mass is 10.2. The Kier molecular flexibility index (Phi) is 3.98. The van der Waals surface area contributed by atoms with Crippen LogP contribution in [0.3, 0.4) is 0 Å². The fourth-order valence-corrected chi connectivity index (χ4v) is 1.74. The summed E-state index contributed by atoms with van der Waals surface area (Å²) in [6.07, 6.45) is 2.05. The SMILES string of the molecule is CCCNc1cc(NC2CCOC2)nc(N)n1. The van der Waals surface area contributed by atoms with E-state index in [1.807, 2.05) is 6.07 Å². The fraction of sp³-hybridized carbons (Fsp3) is 0.636. The summed E-state index contributed by atoms with van der Waals surface area (Å²) in [5, 5.41) is 6.50. The van der Waals surface area contributed by atoms with Crippen LogP contribution in [0.1, 0.15) is 19.8 Å². The summed E-state index contributed by atoms with van der Waals surface area (Å²) in [5.74, 6) is 1.81. The molecule has 2 heterocycles. The Hall–Kier alpha value is -1.56. The minimum absolute atomic E-state index is 0.285. The van der Waals surface area contributed by atoms with E-state index in [1.165, 1.54) is 0 Å². The zero-order valence-corrected chi connectivity index (χ0v) is 10.1. The van der Waals surface area contributed by atoms with Crippen LogP contribution < -0.4 is 16.4 Å². The quantitative estimate of drug-likeness (QED) is 0.710. The van der Waals surface area contributed by atoms with Gasteiger partial charge in [-0.15, -0.1) is 0 Å². The van der Waals surface area contributed by atoms with E-state index in [9.17, 15) is 0 Å². The molecule has 0 radical (unpaired) electrons. The van der Waals surface area contributed by atoms with Gasteiger partial charge in [0.15, 0.2) is 0 Å². The van der Waals surface area contributed by atoms with Crippen molar-refractivity contribution in [3.63, 3.8) is 0 Å². The second-order valence-corrected chi connectivity index (χ2v) is 4.13. The molecule has 6 heteroatoms. The number of aromatic nitrogens is 2. The van der Waals surface area contributed by atoms with E-state index in [0.29, 0.717) is 6.04 Å². The highest BCUT2D eigenvalue weighted by Gasteiger charge is 2.16. The van der Waals surface area contributed by atoms with Crippen molar-refractivity contribution >= 4 is 17.6 Å². The fourth-order valence-electron chi connectivity index (χ4n) is 1.74. The van der Waals surface area contributed by atoms with Gasteiger partial charge < -0.3 is 21.1 Å². The molecule has 4 N–H and O–H groups in total. The molecule has 1 aliphatic heterocycles. The molecule has 1 unspecified atom stereocenters. The largest absolute Gasteiger partial charge is 0.379 e. The second kappa shape index (κ2) is 5.67. The van der Waals surface area contributed by atoms with E-state index in [1.54, 1.807) is 0 Å². The molecular weight excluding hydrogens is 218 g/mol. The molecule has 1 aliphatic rings. The molecule has 0 aromatic carbocycles. The van der Waals surface area contributed by atoms with Gasteiger partial charge in [0.1, 0.15) is 11.6 Å². The van der Waals surface area contributed by atoms with Gasteiger partial charge in [0.2, 0.25) is 5.95 Å². The summed E-state index contributed by atoms with van der Waals surface area (Å²) in [6.45, 7) is 4.51. The molecular formula is C11H19N5O. The van der Waals surface area contributed by atoms with E-state index in [0.717, 1.165) is 44.2 Å². The standard InChI is InChI=1S/C11H19N5O/c1-2-4-13-9-6-10(16-11(12)15-9)14-8-3-5-17-7-8/h6,8H,2-5,7H2,1H3,(H4,12,13,14,15,16). The van der Waals surface area contributed by atoms with E-state index < -0.39 is 0 Å². The molecule has 6 nitrogen and oxygen atoms in total. The first kappa shape index (κ1) is 11.9. The van der Waals surface area contributed by atoms with E-state index >= 15 is 0 Å². The van der Waals surface area contributed by atoms with Gasteiger partial charge in [0, 0.05) is 19.2 Å². The number of ether oxygens (including phenoxy) is 1.